The first-order chi connectivity index (χ1) is 16.8. The number of anilines is 1. The van der Waals surface area contributed by atoms with E-state index in [2.05, 4.69) is 83.2 Å². The van der Waals surface area contributed by atoms with Crippen LogP contribution in [0, 0.1) is 0 Å². The summed E-state index contributed by atoms with van der Waals surface area (Å²) in [4.78, 5) is 14.3. The molecule has 178 valence electrons. The standard InChI is InChI=1S/C29H37N5/c1-2-3-4-5-9-15-28-32-26(14-10-13-23-11-7-6-8-12-23)22-27(34-28)24-16-18-25(19-17-24)33-29-30-20-21-31-29/h6-8,11-12,16-19,22H,2-5,9-10,13-15,20-21H2,1H3,(H2,30,31,33). The Bertz CT molecular complexity index is 1040. The zero-order valence-corrected chi connectivity index (χ0v) is 20.4. The van der Waals surface area contributed by atoms with E-state index >= 15 is 0 Å². The maximum Gasteiger partial charge on any atom is 0.195 e. The fourth-order valence-corrected chi connectivity index (χ4v) is 4.29. The van der Waals surface area contributed by atoms with Gasteiger partial charge in [-0.15, -0.1) is 0 Å². The fraction of sp³-hybridized carbons (Fsp3) is 0.414. The molecule has 1 aliphatic heterocycles. The number of unbranched alkanes of at least 4 members (excludes halogenated alkanes) is 4. The van der Waals surface area contributed by atoms with Crippen molar-refractivity contribution in [3.63, 3.8) is 0 Å². The Kier molecular flexibility index (Phi) is 9.06. The van der Waals surface area contributed by atoms with E-state index in [9.17, 15) is 0 Å². The summed E-state index contributed by atoms with van der Waals surface area (Å²) in [5.74, 6) is 1.83. The van der Waals surface area contributed by atoms with Gasteiger partial charge in [0, 0.05) is 29.9 Å². The van der Waals surface area contributed by atoms with E-state index in [4.69, 9.17) is 9.97 Å². The highest BCUT2D eigenvalue weighted by Crippen LogP contribution is 2.22. The molecule has 34 heavy (non-hydrogen) atoms. The van der Waals surface area contributed by atoms with E-state index in [0.29, 0.717) is 0 Å². The minimum absolute atomic E-state index is 0.829. The van der Waals surface area contributed by atoms with Gasteiger partial charge in [-0.05, 0) is 49.4 Å². The zero-order valence-electron chi connectivity index (χ0n) is 20.4. The Labute approximate surface area is 204 Å². The number of hydrogen-bond acceptors (Lipinski definition) is 5. The fourth-order valence-electron chi connectivity index (χ4n) is 4.29. The number of aromatic nitrogens is 2. The summed E-state index contributed by atoms with van der Waals surface area (Å²) in [7, 11) is 0. The number of aryl methyl sites for hydroxylation is 3. The lowest BCUT2D eigenvalue weighted by Gasteiger charge is -2.11. The smallest absolute Gasteiger partial charge is 0.195 e. The summed E-state index contributed by atoms with van der Waals surface area (Å²) in [5.41, 5.74) is 5.72. The van der Waals surface area contributed by atoms with Crippen LogP contribution >= 0.6 is 0 Å². The monoisotopic (exact) mass is 455 g/mol. The number of aliphatic imine (C=N–C) groups is 1. The molecule has 1 aromatic heterocycles. The Hall–Kier alpha value is -3.21. The molecule has 0 unspecified atom stereocenters. The Morgan fingerprint density at radius 2 is 1.65 bits per heavy atom. The van der Waals surface area contributed by atoms with E-state index < -0.39 is 0 Å². The minimum Gasteiger partial charge on any atom is -0.354 e. The summed E-state index contributed by atoms with van der Waals surface area (Å²) in [6, 6.07) is 21.4. The quantitative estimate of drug-likeness (QED) is 0.319. The molecule has 2 aromatic carbocycles. The van der Waals surface area contributed by atoms with Crippen LogP contribution in [-0.2, 0) is 19.3 Å². The Morgan fingerprint density at radius 3 is 2.41 bits per heavy atom. The highest BCUT2D eigenvalue weighted by atomic mass is 15.2. The molecule has 5 heteroatoms. The average Bonchev–Trinajstić information content (AvgIpc) is 3.38. The normalized spacial score (nSPS) is 12.9. The summed E-state index contributed by atoms with van der Waals surface area (Å²) in [5, 5.41) is 6.58. The van der Waals surface area contributed by atoms with Crippen molar-refractivity contribution in [2.45, 2.75) is 64.7 Å². The minimum atomic E-state index is 0.829. The molecule has 0 amide bonds. The molecule has 1 aliphatic rings. The molecule has 0 fully saturated rings. The van der Waals surface area contributed by atoms with Crippen LogP contribution < -0.4 is 10.6 Å². The third-order valence-electron chi connectivity index (χ3n) is 6.19. The van der Waals surface area contributed by atoms with Gasteiger partial charge < -0.3 is 10.6 Å². The molecule has 2 N–H and O–H groups in total. The molecular formula is C29H37N5. The molecule has 0 atom stereocenters. The van der Waals surface area contributed by atoms with Crippen LogP contribution in [0.25, 0.3) is 11.3 Å². The average molecular weight is 456 g/mol. The summed E-state index contributed by atoms with van der Waals surface area (Å²) < 4.78 is 0. The second-order valence-corrected chi connectivity index (χ2v) is 9.02. The van der Waals surface area contributed by atoms with Gasteiger partial charge in [-0.3, -0.25) is 4.99 Å². The summed E-state index contributed by atoms with van der Waals surface area (Å²) in [6.45, 7) is 3.98. The van der Waals surface area contributed by atoms with Crippen molar-refractivity contribution in [3.05, 3.63) is 77.7 Å². The molecule has 0 aliphatic carbocycles. The number of nitrogens with zero attached hydrogens (tertiary/aromatic N) is 3. The first kappa shape index (κ1) is 23.9. The predicted molar refractivity (Wildman–Crippen MR) is 142 cm³/mol. The number of rotatable bonds is 12. The molecule has 2 heterocycles. The largest absolute Gasteiger partial charge is 0.354 e. The van der Waals surface area contributed by atoms with Crippen LogP contribution in [0.15, 0.2) is 65.7 Å². The summed E-state index contributed by atoms with van der Waals surface area (Å²) >= 11 is 0. The molecule has 0 radical (unpaired) electrons. The number of guanidine groups is 1. The SMILES string of the molecule is CCCCCCCc1nc(CCCc2ccccc2)cc(-c2ccc(NC3=NCCN3)cc2)n1. The highest BCUT2D eigenvalue weighted by molar-refractivity contribution is 5.94. The van der Waals surface area contributed by atoms with Crippen molar-refractivity contribution >= 4 is 11.6 Å². The predicted octanol–water partition coefficient (Wildman–Crippen LogP) is 6.20. The third-order valence-corrected chi connectivity index (χ3v) is 6.19. The number of nitrogens with one attached hydrogen (secondary N) is 2. The highest BCUT2D eigenvalue weighted by Gasteiger charge is 2.09. The van der Waals surface area contributed by atoms with E-state index in [-0.39, 0.29) is 0 Å². The first-order valence-corrected chi connectivity index (χ1v) is 12.9. The van der Waals surface area contributed by atoms with Crippen molar-refractivity contribution < 1.29 is 0 Å². The van der Waals surface area contributed by atoms with Gasteiger partial charge in [0.25, 0.3) is 0 Å². The van der Waals surface area contributed by atoms with Crippen molar-refractivity contribution in [1.29, 1.82) is 0 Å². The molecule has 0 saturated heterocycles. The topological polar surface area (TPSA) is 62.2 Å². The second-order valence-electron chi connectivity index (χ2n) is 9.02. The molecular weight excluding hydrogens is 418 g/mol. The van der Waals surface area contributed by atoms with Crippen LogP contribution in [0.4, 0.5) is 5.69 Å². The first-order valence-electron chi connectivity index (χ1n) is 12.9. The van der Waals surface area contributed by atoms with E-state index in [1.54, 1.807) is 0 Å². The van der Waals surface area contributed by atoms with Crippen LogP contribution in [0.3, 0.4) is 0 Å². The lowest BCUT2D eigenvalue weighted by Crippen LogP contribution is -2.26. The van der Waals surface area contributed by atoms with Gasteiger partial charge in [0.2, 0.25) is 0 Å². The molecule has 0 bridgehead atoms. The van der Waals surface area contributed by atoms with Crippen molar-refractivity contribution in [3.8, 4) is 11.3 Å². The van der Waals surface area contributed by atoms with Gasteiger partial charge in [0.1, 0.15) is 5.82 Å². The van der Waals surface area contributed by atoms with E-state index in [1.165, 1.54) is 31.2 Å². The third kappa shape index (κ3) is 7.41. The second kappa shape index (κ2) is 12.9. The Morgan fingerprint density at radius 1 is 0.824 bits per heavy atom. The van der Waals surface area contributed by atoms with Crippen LogP contribution in [0.5, 0.6) is 0 Å². The molecule has 4 rings (SSSR count). The van der Waals surface area contributed by atoms with Gasteiger partial charge in [0.05, 0.1) is 12.2 Å². The number of hydrogen-bond donors (Lipinski definition) is 2. The van der Waals surface area contributed by atoms with Gasteiger partial charge in [0.15, 0.2) is 5.96 Å². The lowest BCUT2D eigenvalue weighted by molar-refractivity contribution is 0.620. The maximum absolute atomic E-state index is 4.95. The maximum atomic E-state index is 4.95. The van der Waals surface area contributed by atoms with Crippen LogP contribution in [0.1, 0.15) is 62.5 Å². The zero-order chi connectivity index (χ0) is 23.4. The molecule has 0 spiro atoms. The molecule has 5 nitrogen and oxygen atoms in total. The van der Waals surface area contributed by atoms with Crippen molar-refractivity contribution in [2.24, 2.45) is 4.99 Å². The van der Waals surface area contributed by atoms with Gasteiger partial charge in [-0.2, -0.15) is 0 Å². The summed E-state index contributed by atoms with van der Waals surface area (Å²) in [6.07, 6.45) is 10.4. The van der Waals surface area contributed by atoms with Gasteiger partial charge >= 0.3 is 0 Å². The molecule has 3 aromatic rings. The molecule has 0 saturated carbocycles. The van der Waals surface area contributed by atoms with Crippen LogP contribution in [-0.4, -0.2) is 29.0 Å². The van der Waals surface area contributed by atoms with Crippen LogP contribution in [0.2, 0.25) is 0 Å². The lowest BCUT2D eigenvalue weighted by atomic mass is 10.0. The number of benzene rings is 2. The van der Waals surface area contributed by atoms with E-state index in [1.807, 2.05) is 0 Å². The van der Waals surface area contributed by atoms with Crippen molar-refractivity contribution in [1.82, 2.24) is 15.3 Å². The van der Waals surface area contributed by atoms with Crippen molar-refractivity contribution in [2.75, 3.05) is 18.4 Å². The van der Waals surface area contributed by atoms with Gasteiger partial charge in [-0.25, -0.2) is 9.97 Å². The van der Waals surface area contributed by atoms with Gasteiger partial charge in [-0.1, -0.05) is 75.1 Å². The van der Waals surface area contributed by atoms with E-state index in [0.717, 1.165) is 79.6 Å². The Balaban J connectivity index is 1.45.